The molecule has 0 radical (unpaired) electrons. The highest BCUT2D eigenvalue weighted by atomic mass is 35.5. The average Bonchev–Trinajstić information content (AvgIpc) is 2.80. The van der Waals surface area contributed by atoms with Crippen molar-refractivity contribution in [3.05, 3.63) is 59.7 Å². The van der Waals surface area contributed by atoms with Crippen LogP contribution in [0.3, 0.4) is 0 Å². The fourth-order valence-corrected chi connectivity index (χ4v) is 4.69. The van der Waals surface area contributed by atoms with E-state index in [-0.39, 0.29) is 36.6 Å². The molecule has 0 amide bonds. The Morgan fingerprint density at radius 3 is 2.39 bits per heavy atom. The number of nitrogens with zero attached hydrogens (tertiary/aromatic N) is 1. The lowest BCUT2D eigenvalue weighted by Crippen LogP contribution is -2.57. The molecule has 2 aromatic carbocycles. The number of nitrogens with one attached hydrogen (secondary N) is 4. The van der Waals surface area contributed by atoms with Crippen LogP contribution in [0.15, 0.2) is 53.5 Å². The Morgan fingerprint density at radius 2 is 1.69 bits per heavy atom. The Bertz CT molecular complexity index is 1020. The Kier molecular flexibility index (Phi) is 10.7. The molecule has 0 aromatic heterocycles. The smallest absolute Gasteiger partial charge is 0.406 e. The van der Waals surface area contributed by atoms with E-state index in [9.17, 15) is 13.2 Å². The van der Waals surface area contributed by atoms with Gasteiger partial charge in [0.05, 0.1) is 6.04 Å². The predicted molar refractivity (Wildman–Crippen MR) is 142 cm³/mol. The molecule has 1 unspecified atom stereocenters. The van der Waals surface area contributed by atoms with Crippen LogP contribution in [0.1, 0.15) is 43.7 Å². The van der Waals surface area contributed by atoms with Gasteiger partial charge in [-0.1, -0.05) is 36.4 Å². The summed E-state index contributed by atoms with van der Waals surface area (Å²) in [6, 6.07) is 15.1. The van der Waals surface area contributed by atoms with Crippen LogP contribution in [0.4, 0.5) is 18.9 Å². The van der Waals surface area contributed by atoms with Crippen LogP contribution in [-0.4, -0.2) is 38.0 Å². The molecule has 11 heteroatoms. The Balaban J connectivity index is 0.00000228. The maximum atomic E-state index is 12.6. The number of anilines is 1. The molecule has 2 aliphatic rings. The fourth-order valence-electron chi connectivity index (χ4n) is 4.69. The third-order valence-corrected chi connectivity index (χ3v) is 6.62. The molecule has 0 bridgehead atoms. The van der Waals surface area contributed by atoms with Crippen molar-refractivity contribution in [2.24, 2.45) is 4.99 Å². The van der Waals surface area contributed by atoms with E-state index in [2.05, 4.69) is 45.1 Å². The summed E-state index contributed by atoms with van der Waals surface area (Å²) in [6.07, 6.45) is -0.348. The number of fused-ring (bicyclic) bond motifs is 1. The summed E-state index contributed by atoms with van der Waals surface area (Å²) in [5, 5.41) is 13.7. The fraction of sp³-hybridized carbons (Fsp3) is 0.480. The van der Waals surface area contributed by atoms with Gasteiger partial charge in [-0.2, -0.15) is 0 Å². The van der Waals surface area contributed by atoms with Crippen molar-refractivity contribution in [3.63, 3.8) is 0 Å². The second-order valence-corrected chi connectivity index (χ2v) is 9.01. The highest BCUT2D eigenvalue weighted by Crippen LogP contribution is 2.30. The summed E-state index contributed by atoms with van der Waals surface area (Å²) in [5.41, 5.74) is 2.34. The normalized spacial score (nSPS) is 24.4. The van der Waals surface area contributed by atoms with Gasteiger partial charge in [0.2, 0.25) is 0 Å². The van der Waals surface area contributed by atoms with Crippen LogP contribution in [0.25, 0.3) is 0 Å². The minimum atomic E-state index is -4.68. The van der Waals surface area contributed by atoms with Gasteiger partial charge in [-0.05, 0) is 70.3 Å². The van der Waals surface area contributed by atoms with Gasteiger partial charge < -0.3 is 20.7 Å². The van der Waals surface area contributed by atoms with Crippen LogP contribution in [-0.2, 0) is 12.1 Å². The van der Waals surface area contributed by atoms with Crippen molar-refractivity contribution < 1.29 is 17.9 Å². The van der Waals surface area contributed by atoms with Crippen molar-refractivity contribution in [2.75, 3.05) is 18.9 Å². The third-order valence-electron chi connectivity index (χ3n) is 6.62. The number of guanidine groups is 1. The lowest BCUT2D eigenvalue weighted by atomic mass is 9.91. The van der Waals surface area contributed by atoms with E-state index in [0.717, 1.165) is 42.9 Å². The second kappa shape index (κ2) is 12.9. The van der Waals surface area contributed by atoms with Gasteiger partial charge in [-0.25, -0.2) is 4.99 Å². The molecule has 1 saturated carbocycles. The van der Waals surface area contributed by atoms with Crippen molar-refractivity contribution in [3.8, 4) is 5.75 Å². The van der Waals surface area contributed by atoms with Gasteiger partial charge in [-0.15, -0.1) is 38.0 Å². The molecule has 36 heavy (non-hydrogen) atoms. The largest absolute Gasteiger partial charge is 0.573 e. The van der Waals surface area contributed by atoms with Crippen LogP contribution >= 0.6 is 24.8 Å². The predicted octanol–water partition coefficient (Wildman–Crippen LogP) is 5.34. The first kappa shape index (κ1) is 30.0. The number of alkyl halides is 3. The average molecular weight is 548 g/mol. The first-order valence-electron chi connectivity index (χ1n) is 11.7. The van der Waals surface area contributed by atoms with Crippen molar-refractivity contribution in [1.82, 2.24) is 16.0 Å². The van der Waals surface area contributed by atoms with Gasteiger partial charge in [-0.3, -0.25) is 5.32 Å². The van der Waals surface area contributed by atoms with Crippen LogP contribution < -0.4 is 26.0 Å². The molecule has 4 rings (SSSR count). The summed E-state index contributed by atoms with van der Waals surface area (Å²) in [7, 11) is 1.93. The van der Waals surface area contributed by atoms with Crippen molar-refractivity contribution in [2.45, 2.75) is 63.1 Å². The van der Waals surface area contributed by atoms with Crippen LogP contribution in [0.2, 0.25) is 0 Å². The standard InChI is InChI=1S/C25H32F3N5O.2ClH/c1-24(29-2)20-8-4-5-9-21(20)32-23(33-24)31-19-13-11-18(12-14-19)30-16-15-17-7-3-6-10-22(17)34-25(26,27)28;;/h3-10,18-19,29-30H,11-16H2,1-2H3,(H2,31,32,33);2*1H. The van der Waals surface area contributed by atoms with E-state index in [0.29, 0.717) is 24.6 Å². The number of hydrogen-bond donors (Lipinski definition) is 4. The quantitative estimate of drug-likeness (QED) is 0.377. The van der Waals surface area contributed by atoms with Gasteiger partial charge in [0.15, 0.2) is 5.96 Å². The molecule has 1 heterocycles. The number of hydrogen-bond acceptors (Lipinski definition) is 4. The van der Waals surface area contributed by atoms with Crippen molar-refractivity contribution in [1.29, 1.82) is 0 Å². The zero-order chi connectivity index (χ0) is 24.2. The molecule has 2 aromatic rings. The van der Waals surface area contributed by atoms with Gasteiger partial charge in [0.25, 0.3) is 0 Å². The summed E-state index contributed by atoms with van der Waals surface area (Å²) in [6.45, 7) is 2.70. The minimum Gasteiger partial charge on any atom is -0.406 e. The van der Waals surface area contributed by atoms with E-state index in [1.807, 2.05) is 19.2 Å². The Morgan fingerprint density at radius 1 is 1.03 bits per heavy atom. The highest BCUT2D eigenvalue weighted by Gasteiger charge is 2.34. The number of rotatable bonds is 7. The number of aliphatic imine (C=N–C) groups is 1. The summed E-state index contributed by atoms with van der Waals surface area (Å²) >= 11 is 0. The molecule has 4 N–H and O–H groups in total. The minimum absolute atomic E-state index is 0. The molecule has 0 saturated heterocycles. The van der Waals surface area contributed by atoms with Crippen molar-refractivity contribution >= 4 is 36.5 Å². The van der Waals surface area contributed by atoms with E-state index >= 15 is 0 Å². The lowest BCUT2D eigenvalue weighted by Gasteiger charge is -2.39. The Labute approximate surface area is 222 Å². The summed E-state index contributed by atoms with van der Waals surface area (Å²) < 4.78 is 42.0. The number of benzene rings is 2. The molecular formula is C25H34Cl2F3N5O. The third kappa shape index (κ3) is 7.65. The maximum absolute atomic E-state index is 12.6. The molecular weight excluding hydrogens is 514 g/mol. The van der Waals surface area contributed by atoms with Gasteiger partial charge in [0.1, 0.15) is 11.4 Å². The molecule has 1 aliphatic carbocycles. The maximum Gasteiger partial charge on any atom is 0.573 e. The van der Waals surface area contributed by atoms with Gasteiger partial charge >= 0.3 is 6.36 Å². The number of ether oxygens (including phenoxy) is 1. The van der Waals surface area contributed by atoms with E-state index in [1.54, 1.807) is 18.2 Å². The zero-order valence-electron chi connectivity index (χ0n) is 20.3. The number of para-hydroxylation sites is 2. The Hall–Kier alpha value is -2.20. The summed E-state index contributed by atoms with van der Waals surface area (Å²) in [4.78, 5) is 4.95. The first-order valence-corrected chi connectivity index (χ1v) is 11.7. The van der Waals surface area contributed by atoms with E-state index < -0.39 is 12.0 Å². The molecule has 1 fully saturated rings. The lowest BCUT2D eigenvalue weighted by molar-refractivity contribution is -0.274. The zero-order valence-corrected chi connectivity index (χ0v) is 22.0. The van der Waals surface area contributed by atoms with Crippen LogP contribution in [0.5, 0.6) is 5.75 Å². The first-order chi connectivity index (χ1) is 16.3. The highest BCUT2D eigenvalue weighted by molar-refractivity contribution is 5.97. The van der Waals surface area contributed by atoms with Crippen LogP contribution in [0, 0.1) is 0 Å². The molecule has 0 spiro atoms. The molecule has 200 valence electrons. The summed E-state index contributed by atoms with van der Waals surface area (Å²) in [5.74, 6) is 0.646. The molecule has 1 atom stereocenters. The monoisotopic (exact) mass is 547 g/mol. The number of halogens is 5. The van der Waals surface area contributed by atoms with Gasteiger partial charge in [0, 0.05) is 17.3 Å². The van der Waals surface area contributed by atoms with E-state index in [4.69, 9.17) is 4.99 Å². The molecule has 1 aliphatic heterocycles. The second-order valence-electron chi connectivity index (χ2n) is 9.01. The van der Waals surface area contributed by atoms with E-state index in [1.165, 1.54) is 6.07 Å². The SMILES string of the molecule is CNC1(C)NC(=NC2CCC(NCCc3ccccc3OC(F)(F)F)CC2)Nc2ccccc21.Cl.Cl. The topological polar surface area (TPSA) is 69.7 Å². The molecule has 6 nitrogen and oxygen atoms in total.